The van der Waals surface area contributed by atoms with E-state index in [1.165, 1.54) is 0 Å². The first-order valence-corrected chi connectivity index (χ1v) is 8.18. The molecule has 0 saturated carbocycles. The molecule has 0 bridgehead atoms. The molecule has 1 aliphatic heterocycles. The van der Waals surface area contributed by atoms with Crippen LogP contribution in [0.15, 0.2) is 24.4 Å². The van der Waals surface area contributed by atoms with Crippen LogP contribution >= 0.6 is 0 Å². The summed E-state index contributed by atoms with van der Waals surface area (Å²) in [6, 6.07) is 5.54. The summed E-state index contributed by atoms with van der Waals surface area (Å²) in [7, 11) is 3.19. The zero-order valence-corrected chi connectivity index (χ0v) is 14.5. The van der Waals surface area contributed by atoms with Gasteiger partial charge in [0.25, 0.3) is 0 Å². The number of anilines is 2. The fourth-order valence-corrected chi connectivity index (χ4v) is 2.78. The summed E-state index contributed by atoms with van der Waals surface area (Å²) in [5, 5.41) is 10.3. The molecule has 4 rings (SSSR count). The highest BCUT2D eigenvalue weighted by atomic mass is 16.6. The Morgan fingerprint density at radius 2 is 2.04 bits per heavy atom. The smallest absolute Gasteiger partial charge is 0.162 e. The first-order chi connectivity index (χ1) is 12.8. The second-order valence-corrected chi connectivity index (χ2v) is 5.69. The van der Waals surface area contributed by atoms with E-state index in [0.29, 0.717) is 54.0 Å². The summed E-state index contributed by atoms with van der Waals surface area (Å²) in [6.07, 6.45) is 1.36. The molecule has 26 heavy (non-hydrogen) atoms. The van der Waals surface area contributed by atoms with Gasteiger partial charge in [0.1, 0.15) is 17.1 Å². The van der Waals surface area contributed by atoms with Crippen LogP contribution in [-0.4, -0.2) is 54.2 Å². The molecule has 0 amide bonds. The zero-order chi connectivity index (χ0) is 17.9. The van der Waals surface area contributed by atoms with Crippen molar-refractivity contribution < 1.29 is 18.9 Å². The van der Waals surface area contributed by atoms with E-state index in [4.69, 9.17) is 18.9 Å². The summed E-state index contributed by atoms with van der Waals surface area (Å²) in [5.74, 6) is 2.43. The molecule has 136 valence electrons. The third-order valence-electron chi connectivity index (χ3n) is 4.07. The van der Waals surface area contributed by atoms with Crippen LogP contribution in [0.4, 0.5) is 11.5 Å². The second-order valence-electron chi connectivity index (χ2n) is 5.69. The van der Waals surface area contributed by atoms with E-state index in [9.17, 15) is 0 Å². The molecule has 0 aliphatic carbocycles. The lowest BCUT2D eigenvalue weighted by molar-refractivity contribution is -0.0933. The zero-order valence-electron chi connectivity index (χ0n) is 14.5. The molecule has 2 aromatic heterocycles. The van der Waals surface area contributed by atoms with Crippen molar-refractivity contribution in [3.05, 3.63) is 30.2 Å². The number of fused-ring (bicyclic) bond motifs is 1. The number of H-pyrrole nitrogens is 1. The lowest BCUT2D eigenvalue weighted by atomic mass is 10.2. The Hall–Kier alpha value is -2.91. The van der Waals surface area contributed by atoms with Gasteiger partial charge >= 0.3 is 0 Å². The van der Waals surface area contributed by atoms with Crippen molar-refractivity contribution in [1.29, 1.82) is 0 Å². The SMILES string of the molecule is COc1ccc(Nc2nc(C3COCCO3)nc3cn[nH]c23)cc1OC. The predicted octanol–water partition coefficient (Wildman–Crippen LogP) is 2.20. The number of nitrogens with one attached hydrogen (secondary N) is 2. The van der Waals surface area contributed by atoms with Crippen LogP contribution in [0.25, 0.3) is 11.0 Å². The van der Waals surface area contributed by atoms with E-state index >= 15 is 0 Å². The minimum absolute atomic E-state index is 0.297. The Morgan fingerprint density at radius 3 is 2.81 bits per heavy atom. The number of ether oxygens (including phenoxy) is 4. The van der Waals surface area contributed by atoms with Gasteiger partial charge in [-0.05, 0) is 12.1 Å². The molecule has 0 spiro atoms. The maximum atomic E-state index is 5.72. The number of hydrogen-bond donors (Lipinski definition) is 2. The largest absolute Gasteiger partial charge is 0.493 e. The van der Waals surface area contributed by atoms with Crippen LogP contribution < -0.4 is 14.8 Å². The maximum absolute atomic E-state index is 5.72. The topological polar surface area (TPSA) is 103 Å². The van der Waals surface area contributed by atoms with Crippen LogP contribution in [0.2, 0.25) is 0 Å². The highest BCUT2D eigenvalue weighted by Crippen LogP contribution is 2.32. The third kappa shape index (κ3) is 3.14. The van der Waals surface area contributed by atoms with Crippen molar-refractivity contribution in [3.8, 4) is 11.5 Å². The Labute approximate surface area is 149 Å². The lowest BCUT2D eigenvalue weighted by Gasteiger charge is -2.22. The molecule has 1 saturated heterocycles. The van der Waals surface area contributed by atoms with Crippen LogP contribution in [0.1, 0.15) is 11.9 Å². The van der Waals surface area contributed by atoms with Crippen molar-refractivity contribution in [2.24, 2.45) is 0 Å². The monoisotopic (exact) mass is 357 g/mol. The molecule has 1 aliphatic rings. The van der Waals surface area contributed by atoms with Gasteiger partial charge in [-0.3, -0.25) is 5.10 Å². The van der Waals surface area contributed by atoms with Gasteiger partial charge in [-0.25, -0.2) is 9.97 Å². The number of nitrogens with zero attached hydrogens (tertiary/aromatic N) is 3. The van der Waals surface area contributed by atoms with Crippen molar-refractivity contribution in [1.82, 2.24) is 20.2 Å². The summed E-state index contributed by atoms with van der Waals surface area (Å²) in [6.45, 7) is 1.54. The summed E-state index contributed by atoms with van der Waals surface area (Å²) < 4.78 is 21.8. The quantitative estimate of drug-likeness (QED) is 0.716. The molecule has 1 atom stereocenters. The summed E-state index contributed by atoms with van der Waals surface area (Å²) >= 11 is 0. The van der Waals surface area contributed by atoms with Gasteiger partial charge in [0.15, 0.2) is 23.1 Å². The lowest BCUT2D eigenvalue weighted by Crippen LogP contribution is -2.23. The number of benzene rings is 1. The molecule has 9 heteroatoms. The average Bonchev–Trinajstić information content (AvgIpc) is 3.17. The normalized spacial score (nSPS) is 17.2. The molecule has 2 N–H and O–H groups in total. The number of aromatic amines is 1. The van der Waals surface area contributed by atoms with E-state index in [2.05, 4.69) is 25.5 Å². The van der Waals surface area contributed by atoms with E-state index in [-0.39, 0.29) is 6.10 Å². The molecular formula is C17H19N5O4. The van der Waals surface area contributed by atoms with Crippen molar-refractivity contribution in [3.63, 3.8) is 0 Å². The van der Waals surface area contributed by atoms with Crippen molar-refractivity contribution in [2.45, 2.75) is 6.10 Å². The van der Waals surface area contributed by atoms with Gasteiger partial charge < -0.3 is 24.3 Å². The molecule has 3 aromatic rings. The summed E-state index contributed by atoms with van der Waals surface area (Å²) in [4.78, 5) is 9.15. The van der Waals surface area contributed by atoms with E-state index in [0.717, 1.165) is 5.69 Å². The number of hydrogen-bond acceptors (Lipinski definition) is 8. The standard InChI is InChI=1S/C17H19N5O4/c1-23-12-4-3-10(7-13(12)24-2)19-17-15-11(8-18-22-15)20-16(21-17)14-9-25-5-6-26-14/h3-4,7-8,14H,5-6,9H2,1-2H3,(H,18,22)(H,19,20,21). The van der Waals surface area contributed by atoms with Crippen molar-refractivity contribution >= 4 is 22.5 Å². The Balaban J connectivity index is 1.70. The molecule has 0 radical (unpaired) electrons. The molecular weight excluding hydrogens is 338 g/mol. The Bertz CT molecular complexity index is 907. The van der Waals surface area contributed by atoms with E-state index < -0.39 is 0 Å². The highest BCUT2D eigenvalue weighted by Gasteiger charge is 2.22. The number of aromatic nitrogens is 4. The van der Waals surface area contributed by atoms with Gasteiger partial charge in [-0.1, -0.05) is 0 Å². The molecule has 1 aromatic carbocycles. The molecule has 1 fully saturated rings. The fourth-order valence-electron chi connectivity index (χ4n) is 2.78. The predicted molar refractivity (Wildman–Crippen MR) is 94.0 cm³/mol. The van der Waals surface area contributed by atoms with Gasteiger partial charge in [0.05, 0.1) is 40.2 Å². The minimum atomic E-state index is -0.297. The Kier molecular flexibility index (Phi) is 4.55. The van der Waals surface area contributed by atoms with Crippen LogP contribution in [-0.2, 0) is 9.47 Å². The van der Waals surface area contributed by atoms with Gasteiger partial charge in [-0.15, -0.1) is 0 Å². The maximum Gasteiger partial charge on any atom is 0.162 e. The molecule has 3 heterocycles. The third-order valence-corrected chi connectivity index (χ3v) is 4.07. The van der Waals surface area contributed by atoms with E-state index in [1.807, 2.05) is 18.2 Å². The fraction of sp³-hybridized carbons (Fsp3) is 0.353. The molecule has 9 nitrogen and oxygen atoms in total. The van der Waals surface area contributed by atoms with Crippen LogP contribution in [0.3, 0.4) is 0 Å². The van der Waals surface area contributed by atoms with E-state index in [1.54, 1.807) is 20.4 Å². The van der Waals surface area contributed by atoms with Gasteiger partial charge in [-0.2, -0.15) is 5.10 Å². The van der Waals surface area contributed by atoms with Crippen LogP contribution in [0, 0.1) is 0 Å². The highest BCUT2D eigenvalue weighted by molar-refractivity contribution is 5.87. The number of methoxy groups -OCH3 is 2. The van der Waals surface area contributed by atoms with Gasteiger partial charge in [0, 0.05) is 11.8 Å². The second kappa shape index (κ2) is 7.14. The first-order valence-electron chi connectivity index (χ1n) is 8.18. The van der Waals surface area contributed by atoms with Gasteiger partial charge in [0.2, 0.25) is 0 Å². The number of rotatable bonds is 5. The molecule has 1 unspecified atom stereocenters. The summed E-state index contributed by atoms with van der Waals surface area (Å²) in [5.41, 5.74) is 2.21. The van der Waals surface area contributed by atoms with Crippen LogP contribution in [0.5, 0.6) is 11.5 Å². The van der Waals surface area contributed by atoms with Crippen molar-refractivity contribution in [2.75, 3.05) is 39.4 Å². The minimum Gasteiger partial charge on any atom is -0.493 e. The average molecular weight is 357 g/mol. The first kappa shape index (κ1) is 16.6. The Morgan fingerprint density at radius 1 is 1.15 bits per heavy atom.